The second-order valence-electron chi connectivity index (χ2n) is 7.02. The molecule has 1 atom stereocenters. The van der Waals surface area contributed by atoms with Crippen LogP contribution < -0.4 is 5.32 Å². The van der Waals surface area contributed by atoms with Gasteiger partial charge >= 0.3 is 0 Å². The molecule has 0 fully saturated rings. The van der Waals surface area contributed by atoms with Gasteiger partial charge in [0.25, 0.3) is 0 Å². The molecule has 0 saturated carbocycles. The highest BCUT2D eigenvalue weighted by Crippen LogP contribution is 2.28. The van der Waals surface area contributed by atoms with Gasteiger partial charge in [0.15, 0.2) is 0 Å². The lowest BCUT2D eigenvalue weighted by molar-refractivity contribution is 0.116. The van der Waals surface area contributed by atoms with E-state index in [0.29, 0.717) is 6.42 Å². The summed E-state index contributed by atoms with van der Waals surface area (Å²) < 4.78 is 0. The van der Waals surface area contributed by atoms with Gasteiger partial charge < -0.3 is 5.11 Å². The molecule has 1 heterocycles. The molecule has 140 valence electrons. The van der Waals surface area contributed by atoms with Gasteiger partial charge in [0.1, 0.15) is 6.23 Å². The normalized spacial score (nSPS) is 12.3. The Kier molecular flexibility index (Phi) is 6.69. The van der Waals surface area contributed by atoms with Gasteiger partial charge in [-0.3, -0.25) is 10.3 Å². The number of hydrogen-bond donors (Lipinski definition) is 2. The summed E-state index contributed by atoms with van der Waals surface area (Å²) in [7, 11) is 0. The van der Waals surface area contributed by atoms with E-state index in [9.17, 15) is 5.11 Å². The maximum absolute atomic E-state index is 9.98. The number of nitrogens with zero attached hydrogens (tertiary/aromatic N) is 2. The molecule has 0 aliphatic heterocycles. The molecule has 27 heavy (non-hydrogen) atoms. The molecule has 0 aliphatic rings. The van der Waals surface area contributed by atoms with E-state index in [2.05, 4.69) is 29.6 Å². The Morgan fingerprint density at radius 2 is 1.48 bits per heavy atom. The number of aromatic nitrogens is 2. The molecule has 0 aliphatic carbocycles. The third-order valence-electron chi connectivity index (χ3n) is 4.35. The summed E-state index contributed by atoms with van der Waals surface area (Å²) >= 11 is 0. The fraction of sp³-hybridized carbons (Fsp3) is 0.304. The van der Waals surface area contributed by atoms with Crippen molar-refractivity contribution in [3.8, 4) is 22.5 Å². The van der Waals surface area contributed by atoms with Crippen molar-refractivity contribution in [1.82, 2.24) is 15.3 Å². The van der Waals surface area contributed by atoms with Crippen LogP contribution in [0.2, 0.25) is 0 Å². The maximum Gasteiger partial charge on any atom is 0.105 e. The zero-order chi connectivity index (χ0) is 19.1. The number of rotatable bonds is 8. The first kappa shape index (κ1) is 19.2. The molecular formula is C23H27N3O. The minimum Gasteiger partial charge on any atom is -0.379 e. The first-order valence-corrected chi connectivity index (χ1v) is 9.54. The summed E-state index contributed by atoms with van der Waals surface area (Å²) in [6.07, 6.45) is 3.72. The average Bonchev–Trinajstić information content (AvgIpc) is 2.69. The van der Waals surface area contributed by atoms with Crippen molar-refractivity contribution in [2.75, 3.05) is 0 Å². The summed E-state index contributed by atoms with van der Waals surface area (Å²) in [5.41, 5.74) is 4.87. The van der Waals surface area contributed by atoms with E-state index in [1.807, 2.05) is 56.4 Å². The number of hydrogen-bond acceptors (Lipinski definition) is 4. The smallest absolute Gasteiger partial charge is 0.105 e. The number of aliphatic hydroxyl groups is 1. The zero-order valence-corrected chi connectivity index (χ0v) is 16.0. The molecule has 1 unspecified atom stereocenters. The molecule has 0 amide bonds. The molecule has 2 aromatic carbocycles. The highest BCUT2D eigenvalue weighted by atomic mass is 16.3. The molecule has 3 rings (SSSR count). The predicted molar refractivity (Wildman–Crippen MR) is 110 cm³/mol. The third-order valence-corrected chi connectivity index (χ3v) is 4.35. The second kappa shape index (κ2) is 9.40. The standard InChI is InChI=1S/C23H27N3O/c1-17(2)25-21(27)15-9-14-20-16-24-22(18-10-5-3-6-11-18)23(26-20)19-12-7-4-8-13-19/h3-8,10-13,16-17,21,25,27H,9,14-15H2,1-2H3. The van der Waals surface area contributed by atoms with Crippen LogP contribution in [0.4, 0.5) is 0 Å². The monoisotopic (exact) mass is 361 g/mol. The Balaban J connectivity index is 1.81. The van der Waals surface area contributed by atoms with Crippen LogP contribution in [0.5, 0.6) is 0 Å². The Morgan fingerprint density at radius 1 is 0.889 bits per heavy atom. The number of nitrogens with one attached hydrogen (secondary N) is 1. The van der Waals surface area contributed by atoms with Crippen LogP contribution in [0.3, 0.4) is 0 Å². The molecule has 4 heteroatoms. The fourth-order valence-electron chi connectivity index (χ4n) is 3.10. The predicted octanol–water partition coefficient (Wildman–Crippen LogP) is 4.45. The van der Waals surface area contributed by atoms with Gasteiger partial charge in [-0.05, 0) is 33.1 Å². The second-order valence-corrected chi connectivity index (χ2v) is 7.02. The molecular weight excluding hydrogens is 334 g/mol. The van der Waals surface area contributed by atoms with E-state index in [4.69, 9.17) is 9.97 Å². The molecule has 0 radical (unpaired) electrons. The van der Waals surface area contributed by atoms with Crippen molar-refractivity contribution < 1.29 is 5.11 Å². The first-order chi connectivity index (χ1) is 13.1. The molecule has 0 bridgehead atoms. The molecule has 0 saturated heterocycles. The lowest BCUT2D eigenvalue weighted by Crippen LogP contribution is -2.34. The van der Waals surface area contributed by atoms with Crippen LogP contribution in [0.25, 0.3) is 22.5 Å². The van der Waals surface area contributed by atoms with Gasteiger partial charge in [-0.1, -0.05) is 60.7 Å². The van der Waals surface area contributed by atoms with E-state index >= 15 is 0 Å². The summed E-state index contributed by atoms with van der Waals surface area (Å²) in [6.45, 7) is 4.06. The highest BCUT2D eigenvalue weighted by molar-refractivity contribution is 5.77. The Labute approximate surface area is 161 Å². The number of aliphatic hydroxyl groups excluding tert-OH is 1. The van der Waals surface area contributed by atoms with Crippen LogP contribution >= 0.6 is 0 Å². The summed E-state index contributed by atoms with van der Waals surface area (Å²) in [4.78, 5) is 9.64. The molecule has 3 aromatic rings. The minimum absolute atomic E-state index is 0.273. The largest absolute Gasteiger partial charge is 0.379 e. The van der Waals surface area contributed by atoms with Crippen molar-refractivity contribution in [2.24, 2.45) is 0 Å². The van der Waals surface area contributed by atoms with Gasteiger partial charge in [0.2, 0.25) is 0 Å². The Morgan fingerprint density at radius 3 is 2.07 bits per heavy atom. The van der Waals surface area contributed by atoms with Crippen LogP contribution in [-0.2, 0) is 6.42 Å². The summed E-state index contributed by atoms with van der Waals surface area (Å²) in [5, 5.41) is 13.1. The van der Waals surface area contributed by atoms with Crippen molar-refractivity contribution in [1.29, 1.82) is 0 Å². The molecule has 4 nitrogen and oxygen atoms in total. The first-order valence-electron chi connectivity index (χ1n) is 9.54. The molecule has 1 aromatic heterocycles. The lowest BCUT2D eigenvalue weighted by Gasteiger charge is -2.15. The fourth-order valence-corrected chi connectivity index (χ4v) is 3.10. The van der Waals surface area contributed by atoms with Crippen LogP contribution in [0.1, 0.15) is 32.4 Å². The Bertz CT molecular complexity index is 835. The quantitative estimate of drug-likeness (QED) is 0.582. The van der Waals surface area contributed by atoms with E-state index < -0.39 is 6.23 Å². The van der Waals surface area contributed by atoms with E-state index in [1.54, 1.807) is 0 Å². The van der Waals surface area contributed by atoms with Gasteiger partial charge in [-0.15, -0.1) is 0 Å². The van der Waals surface area contributed by atoms with Crippen molar-refractivity contribution >= 4 is 0 Å². The Hall–Kier alpha value is -2.56. The van der Waals surface area contributed by atoms with Gasteiger partial charge in [-0.2, -0.15) is 0 Å². The van der Waals surface area contributed by atoms with Gasteiger partial charge in [0.05, 0.1) is 17.1 Å². The molecule has 2 N–H and O–H groups in total. The van der Waals surface area contributed by atoms with Crippen LogP contribution in [0, 0.1) is 0 Å². The minimum atomic E-state index is -0.477. The van der Waals surface area contributed by atoms with Crippen molar-refractivity contribution in [3.05, 3.63) is 72.6 Å². The maximum atomic E-state index is 9.98. The van der Waals surface area contributed by atoms with Gasteiger partial charge in [0, 0.05) is 23.4 Å². The van der Waals surface area contributed by atoms with Gasteiger partial charge in [-0.25, -0.2) is 4.98 Å². The van der Waals surface area contributed by atoms with Crippen LogP contribution in [0.15, 0.2) is 66.9 Å². The van der Waals surface area contributed by atoms with Crippen molar-refractivity contribution in [2.45, 2.75) is 45.4 Å². The van der Waals surface area contributed by atoms with Crippen molar-refractivity contribution in [3.63, 3.8) is 0 Å². The highest BCUT2D eigenvalue weighted by Gasteiger charge is 2.12. The third kappa shape index (κ3) is 5.46. The summed E-state index contributed by atoms with van der Waals surface area (Å²) in [6, 6.07) is 20.6. The zero-order valence-electron chi connectivity index (χ0n) is 16.0. The van der Waals surface area contributed by atoms with E-state index in [1.165, 1.54) is 0 Å². The van der Waals surface area contributed by atoms with Crippen LogP contribution in [-0.4, -0.2) is 27.3 Å². The number of aryl methyl sites for hydroxylation is 1. The lowest BCUT2D eigenvalue weighted by atomic mass is 10.0. The van der Waals surface area contributed by atoms with E-state index in [0.717, 1.165) is 41.1 Å². The topological polar surface area (TPSA) is 58.0 Å². The van der Waals surface area contributed by atoms with E-state index in [-0.39, 0.29) is 6.04 Å². The molecule has 0 spiro atoms. The average molecular weight is 361 g/mol. The summed E-state index contributed by atoms with van der Waals surface area (Å²) in [5.74, 6) is 0. The number of benzene rings is 2. The SMILES string of the molecule is CC(C)NC(O)CCCc1cnc(-c2ccccc2)c(-c2ccccc2)n1.